The van der Waals surface area contributed by atoms with E-state index in [0.29, 0.717) is 17.7 Å². The van der Waals surface area contributed by atoms with E-state index >= 15 is 0 Å². The minimum atomic E-state index is 0.271. The second-order valence-corrected chi connectivity index (χ2v) is 6.73. The summed E-state index contributed by atoms with van der Waals surface area (Å²) in [6.07, 6.45) is 1.63. The third-order valence-corrected chi connectivity index (χ3v) is 5.30. The van der Waals surface area contributed by atoms with Gasteiger partial charge in [0.15, 0.2) is 5.78 Å². The van der Waals surface area contributed by atoms with Crippen molar-refractivity contribution in [3.63, 3.8) is 0 Å². The number of carbonyl (C=O) groups is 1. The van der Waals surface area contributed by atoms with Crippen LogP contribution in [0.1, 0.15) is 37.0 Å². The highest BCUT2D eigenvalue weighted by Gasteiger charge is 2.24. The maximum atomic E-state index is 12.0. The highest BCUT2D eigenvalue weighted by Crippen LogP contribution is 2.24. The maximum absolute atomic E-state index is 12.0. The van der Waals surface area contributed by atoms with Crippen molar-refractivity contribution in [1.29, 1.82) is 0 Å². The minimum Gasteiger partial charge on any atom is -0.299 e. The first-order valence-electron chi connectivity index (χ1n) is 7.12. The Morgan fingerprint density at radius 1 is 1.32 bits per heavy atom. The molecule has 0 amide bonds. The van der Waals surface area contributed by atoms with Gasteiger partial charge in [0, 0.05) is 35.6 Å². The van der Waals surface area contributed by atoms with Gasteiger partial charge in [0.05, 0.1) is 0 Å². The molecule has 2 nitrogen and oxygen atoms in total. The fraction of sp³-hybridized carbons (Fsp3) is 0.562. The monoisotopic (exact) mass is 277 g/mol. The van der Waals surface area contributed by atoms with Crippen LogP contribution in [0.15, 0.2) is 30.3 Å². The standard InChI is InChI=1S/C16H23NOS/c1-13-14(2)19-12-11-17(13)10-6-9-16(18)15-7-4-3-5-8-15/h3-5,7-8,13-14H,6,9-12H2,1-2H3. The van der Waals surface area contributed by atoms with E-state index in [9.17, 15) is 4.79 Å². The summed E-state index contributed by atoms with van der Waals surface area (Å²) < 4.78 is 0. The Balaban J connectivity index is 1.76. The number of thioether (sulfide) groups is 1. The van der Waals surface area contributed by atoms with Gasteiger partial charge in [0.25, 0.3) is 0 Å². The van der Waals surface area contributed by atoms with E-state index in [0.717, 1.165) is 25.1 Å². The molecule has 1 fully saturated rings. The second-order valence-electron chi connectivity index (χ2n) is 5.25. The molecule has 1 aliphatic heterocycles. The van der Waals surface area contributed by atoms with Gasteiger partial charge in [-0.1, -0.05) is 37.3 Å². The number of Topliss-reactive ketones (excluding diaryl/α,β-unsaturated/α-hetero) is 1. The summed E-state index contributed by atoms with van der Waals surface area (Å²) in [7, 11) is 0. The molecule has 2 unspecified atom stereocenters. The maximum Gasteiger partial charge on any atom is 0.162 e. The molecule has 19 heavy (non-hydrogen) atoms. The number of ketones is 1. The first-order valence-corrected chi connectivity index (χ1v) is 8.17. The Hall–Kier alpha value is -0.800. The molecule has 0 aliphatic carbocycles. The summed E-state index contributed by atoms with van der Waals surface area (Å²) >= 11 is 2.06. The predicted molar refractivity (Wildman–Crippen MR) is 83.0 cm³/mol. The van der Waals surface area contributed by atoms with Crippen molar-refractivity contribution in [2.24, 2.45) is 0 Å². The molecule has 0 N–H and O–H groups in total. The van der Waals surface area contributed by atoms with Crippen molar-refractivity contribution in [1.82, 2.24) is 4.90 Å². The normalized spacial score (nSPS) is 24.3. The zero-order valence-electron chi connectivity index (χ0n) is 11.8. The van der Waals surface area contributed by atoms with Gasteiger partial charge in [0.2, 0.25) is 0 Å². The summed E-state index contributed by atoms with van der Waals surface area (Å²) in [5.41, 5.74) is 0.845. The molecule has 1 saturated heterocycles. The topological polar surface area (TPSA) is 20.3 Å². The summed E-state index contributed by atoms with van der Waals surface area (Å²) in [5.74, 6) is 1.49. The fourth-order valence-electron chi connectivity index (χ4n) is 2.52. The minimum absolute atomic E-state index is 0.271. The number of hydrogen-bond acceptors (Lipinski definition) is 3. The molecule has 1 aromatic carbocycles. The molecule has 1 aliphatic rings. The van der Waals surface area contributed by atoms with Crippen molar-refractivity contribution in [3.8, 4) is 0 Å². The molecule has 2 rings (SSSR count). The first kappa shape index (κ1) is 14.6. The van der Waals surface area contributed by atoms with Crippen LogP contribution in [-0.4, -0.2) is 40.8 Å². The highest BCUT2D eigenvalue weighted by atomic mass is 32.2. The van der Waals surface area contributed by atoms with Gasteiger partial charge < -0.3 is 0 Å². The molecular weight excluding hydrogens is 254 g/mol. The van der Waals surface area contributed by atoms with Gasteiger partial charge in [0.1, 0.15) is 0 Å². The Bertz CT molecular complexity index is 406. The zero-order chi connectivity index (χ0) is 13.7. The van der Waals surface area contributed by atoms with Crippen molar-refractivity contribution in [3.05, 3.63) is 35.9 Å². The van der Waals surface area contributed by atoms with Crippen LogP contribution in [0.2, 0.25) is 0 Å². The lowest BCUT2D eigenvalue weighted by Gasteiger charge is -2.37. The summed E-state index contributed by atoms with van der Waals surface area (Å²) in [6.45, 7) is 6.81. The SMILES string of the molecule is CC1SCCN(CCCC(=O)c2ccccc2)C1C. The van der Waals surface area contributed by atoms with Crippen LogP contribution in [0.4, 0.5) is 0 Å². The van der Waals surface area contributed by atoms with Crippen LogP contribution in [0.5, 0.6) is 0 Å². The molecule has 104 valence electrons. The summed E-state index contributed by atoms with van der Waals surface area (Å²) in [6, 6.07) is 10.3. The van der Waals surface area contributed by atoms with E-state index < -0.39 is 0 Å². The lowest BCUT2D eigenvalue weighted by atomic mass is 10.1. The average molecular weight is 277 g/mol. The Morgan fingerprint density at radius 2 is 2.05 bits per heavy atom. The number of benzene rings is 1. The van der Waals surface area contributed by atoms with Crippen molar-refractivity contribution in [2.45, 2.75) is 38.0 Å². The number of hydrogen-bond donors (Lipinski definition) is 0. The van der Waals surface area contributed by atoms with Crippen LogP contribution < -0.4 is 0 Å². The molecule has 0 saturated carbocycles. The Morgan fingerprint density at radius 3 is 2.79 bits per heavy atom. The van der Waals surface area contributed by atoms with Crippen molar-refractivity contribution >= 4 is 17.5 Å². The lowest BCUT2D eigenvalue weighted by molar-refractivity contribution is 0.0971. The van der Waals surface area contributed by atoms with Crippen molar-refractivity contribution in [2.75, 3.05) is 18.8 Å². The first-order chi connectivity index (χ1) is 9.18. The zero-order valence-corrected chi connectivity index (χ0v) is 12.7. The van der Waals surface area contributed by atoms with E-state index in [-0.39, 0.29) is 5.78 Å². The average Bonchev–Trinajstić information content (AvgIpc) is 2.44. The molecule has 0 bridgehead atoms. The van der Waals surface area contributed by atoms with Crippen LogP contribution >= 0.6 is 11.8 Å². The molecule has 1 aromatic rings. The van der Waals surface area contributed by atoms with Crippen molar-refractivity contribution < 1.29 is 4.79 Å². The Kier molecular flexibility index (Phi) is 5.46. The molecule has 1 heterocycles. The summed E-state index contributed by atoms with van der Waals surface area (Å²) in [5, 5.41) is 0.707. The predicted octanol–water partition coefficient (Wildman–Crippen LogP) is 3.48. The largest absolute Gasteiger partial charge is 0.299 e. The molecule has 0 spiro atoms. The molecule has 3 heteroatoms. The van der Waals surface area contributed by atoms with Crippen LogP contribution in [0.25, 0.3) is 0 Å². The van der Waals surface area contributed by atoms with Gasteiger partial charge in [-0.15, -0.1) is 0 Å². The quantitative estimate of drug-likeness (QED) is 0.769. The van der Waals surface area contributed by atoms with Gasteiger partial charge in [-0.05, 0) is 19.9 Å². The molecule has 0 radical (unpaired) electrons. The lowest BCUT2D eigenvalue weighted by Crippen LogP contribution is -2.45. The van der Waals surface area contributed by atoms with Gasteiger partial charge in [-0.25, -0.2) is 0 Å². The Labute approximate surface area is 120 Å². The third-order valence-electron chi connectivity index (χ3n) is 3.96. The second kappa shape index (κ2) is 7.11. The van der Waals surface area contributed by atoms with E-state index in [1.807, 2.05) is 30.3 Å². The van der Waals surface area contributed by atoms with E-state index in [1.165, 1.54) is 5.75 Å². The van der Waals surface area contributed by atoms with E-state index in [2.05, 4.69) is 30.5 Å². The van der Waals surface area contributed by atoms with Gasteiger partial charge in [-0.2, -0.15) is 11.8 Å². The molecule has 0 aromatic heterocycles. The molecule has 2 atom stereocenters. The van der Waals surface area contributed by atoms with E-state index in [1.54, 1.807) is 0 Å². The highest BCUT2D eigenvalue weighted by molar-refractivity contribution is 8.00. The van der Waals surface area contributed by atoms with Crippen LogP contribution in [-0.2, 0) is 0 Å². The van der Waals surface area contributed by atoms with Crippen LogP contribution in [0.3, 0.4) is 0 Å². The summed E-state index contributed by atoms with van der Waals surface area (Å²) in [4.78, 5) is 14.5. The number of carbonyl (C=O) groups excluding carboxylic acids is 1. The van der Waals surface area contributed by atoms with Gasteiger partial charge in [-0.3, -0.25) is 9.69 Å². The number of rotatable bonds is 5. The number of nitrogens with zero attached hydrogens (tertiary/aromatic N) is 1. The van der Waals surface area contributed by atoms with Gasteiger partial charge >= 0.3 is 0 Å². The van der Waals surface area contributed by atoms with E-state index in [4.69, 9.17) is 0 Å². The fourth-order valence-corrected chi connectivity index (χ4v) is 3.68. The molecular formula is C16H23NOS. The van der Waals surface area contributed by atoms with Crippen LogP contribution in [0, 0.1) is 0 Å². The third kappa shape index (κ3) is 4.08. The smallest absolute Gasteiger partial charge is 0.162 e.